The van der Waals surface area contributed by atoms with Gasteiger partial charge in [0, 0.05) is 19.3 Å². The predicted octanol–water partition coefficient (Wildman–Crippen LogP) is 4.76. The van der Waals surface area contributed by atoms with Crippen LogP contribution in [0.15, 0.2) is 54.7 Å². The molecule has 2 amide bonds. The van der Waals surface area contributed by atoms with Crippen LogP contribution in [0.1, 0.15) is 43.2 Å². The molecule has 0 unspecified atom stereocenters. The van der Waals surface area contributed by atoms with E-state index in [-0.39, 0.29) is 17.7 Å². The van der Waals surface area contributed by atoms with Crippen LogP contribution in [0.4, 0.5) is 10.5 Å². The van der Waals surface area contributed by atoms with E-state index in [2.05, 4.69) is 26.6 Å². The van der Waals surface area contributed by atoms with E-state index >= 15 is 0 Å². The minimum atomic E-state index is -0.547. The maximum atomic E-state index is 12.9. The first-order valence-electron chi connectivity index (χ1n) is 11.4. The molecule has 2 N–H and O–H groups in total. The molecule has 35 heavy (non-hydrogen) atoms. The SMILES string of the molecule is COc1cc(C2=CCCN(C(=O)OC(C)(C)C)C2)ccc1NC(=O)c1cccc(-c2ccn[nH]2)n1. The van der Waals surface area contributed by atoms with Crippen LogP contribution in [-0.2, 0) is 4.74 Å². The molecule has 9 heteroatoms. The summed E-state index contributed by atoms with van der Waals surface area (Å²) in [5.41, 5.74) is 3.49. The van der Waals surface area contributed by atoms with Crippen LogP contribution in [-0.4, -0.2) is 57.9 Å². The summed E-state index contributed by atoms with van der Waals surface area (Å²) in [5.74, 6) is 0.154. The van der Waals surface area contributed by atoms with Crippen molar-refractivity contribution in [2.24, 2.45) is 0 Å². The first kappa shape index (κ1) is 24.0. The zero-order valence-electron chi connectivity index (χ0n) is 20.3. The third-order valence-electron chi connectivity index (χ3n) is 5.38. The molecule has 0 radical (unpaired) electrons. The number of aromatic nitrogens is 3. The van der Waals surface area contributed by atoms with Gasteiger partial charge in [0.2, 0.25) is 0 Å². The van der Waals surface area contributed by atoms with Gasteiger partial charge in [0.1, 0.15) is 17.0 Å². The highest BCUT2D eigenvalue weighted by molar-refractivity contribution is 6.04. The fraction of sp³-hybridized carbons (Fsp3) is 0.308. The minimum absolute atomic E-state index is 0.270. The first-order chi connectivity index (χ1) is 16.7. The maximum Gasteiger partial charge on any atom is 0.410 e. The summed E-state index contributed by atoms with van der Waals surface area (Å²) in [5, 5.41) is 9.65. The van der Waals surface area contributed by atoms with Crippen LogP contribution in [0.25, 0.3) is 17.0 Å². The van der Waals surface area contributed by atoms with Crippen LogP contribution in [0.2, 0.25) is 0 Å². The number of rotatable bonds is 5. The molecule has 2 aromatic heterocycles. The van der Waals surface area contributed by atoms with Crippen LogP contribution < -0.4 is 10.1 Å². The van der Waals surface area contributed by atoms with Gasteiger partial charge in [-0.05, 0) is 68.7 Å². The Morgan fingerprint density at radius 2 is 1.97 bits per heavy atom. The Hall–Kier alpha value is -4.14. The van der Waals surface area contributed by atoms with Crippen molar-refractivity contribution < 1.29 is 19.1 Å². The van der Waals surface area contributed by atoms with Crippen molar-refractivity contribution in [3.63, 3.8) is 0 Å². The summed E-state index contributed by atoms with van der Waals surface area (Å²) in [6.45, 7) is 6.61. The molecule has 0 saturated heterocycles. The van der Waals surface area contributed by atoms with Gasteiger partial charge < -0.3 is 19.7 Å². The maximum absolute atomic E-state index is 12.9. The van der Waals surface area contributed by atoms with Crippen molar-refractivity contribution in [1.29, 1.82) is 0 Å². The number of nitrogens with one attached hydrogen (secondary N) is 2. The first-order valence-corrected chi connectivity index (χ1v) is 11.4. The summed E-state index contributed by atoms with van der Waals surface area (Å²) < 4.78 is 11.1. The second-order valence-electron chi connectivity index (χ2n) is 9.17. The van der Waals surface area contributed by atoms with Crippen LogP contribution in [0, 0.1) is 0 Å². The van der Waals surface area contributed by atoms with E-state index in [0.717, 1.165) is 23.3 Å². The topological polar surface area (TPSA) is 109 Å². The Kier molecular flexibility index (Phi) is 6.86. The predicted molar refractivity (Wildman–Crippen MR) is 133 cm³/mol. The highest BCUT2D eigenvalue weighted by atomic mass is 16.6. The van der Waals surface area contributed by atoms with E-state index in [1.54, 1.807) is 48.5 Å². The Morgan fingerprint density at radius 3 is 2.69 bits per heavy atom. The lowest BCUT2D eigenvalue weighted by Crippen LogP contribution is -2.39. The summed E-state index contributed by atoms with van der Waals surface area (Å²) in [7, 11) is 1.55. The molecule has 0 atom stereocenters. The van der Waals surface area contributed by atoms with Gasteiger partial charge in [-0.1, -0.05) is 18.2 Å². The van der Waals surface area contributed by atoms with Gasteiger partial charge in [-0.25, -0.2) is 9.78 Å². The average Bonchev–Trinajstić information content (AvgIpc) is 3.38. The zero-order chi connectivity index (χ0) is 25.0. The van der Waals surface area contributed by atoms with Crippen LogP contribution in [0.3, 0.4) is 0 Å². The Morgan fingerprint density at radius 1 is 1.14 bits per heavy atom. The molecule has 182 valence electrons. The molecule has 0 aliphatic carbocycles. The summed E-state index contributed by atoms with van der Waals surface area (Å²) in [6.07, 6.45) is 4.14. The number of anilines is 1. The molecule has 1 aromatic carbocycles. The molecule has 1 aliphatic rings. The van der Waals surface area contributed by atoms with Crippen molar-refractivity contribution in [2.45, 2.75) is 32.8 Å². The van der Waals surface area contributed by atoms with Gasteiger partial charge in [0.25, 0.3) is 5.91 Å². The number of aromatic amines is 1. The molecular formula is C26H29N5O4. The number of carbonyl (C=O) groups excluding carboxylic acids is 2. The number of carbonyl (C=O) groups is 2. The van der Waals surface area contributed by atoms with Gasteiger partial charge in [0.05, 0.1) is 24.2 Å². The van der Waals surface area contributed by atoms with Gasteiger partial charge >= 0.3 is 6.09 Å². The van der Waals surface area contributed by atoms with E-state index in [1.165, 1.54) is 0 Å². The summed E-state index contributed by atoms with van der Waals surface area (Å²) >= 11 is 0. The van der Waals surface area contributed by atoms with Gasteiger partial charge in [-0.15, -0.1) is 0 Å². The van der Waals surface area contributed by atoms with Crippen LogP contribution in [0.5, 0.6) is 5.75 Å². The van der Waals surface area contributed by atoms with Crippen molar-refractivity contribution in [2.75, 3.05) is 25.5 Å². The lowest BCUT2D eigenvalue weighted by atomic mass is 10.0. The smallest absolute Gasteiger partial charge is 0.410 e. The van der Waals surface area contributed by atoms with Gasteiger partial charge in [-0.2, -0.15) is 5.10 Å². The third kappa shape index (κ3) is 5.87. The number of benzene rings is 1. The normalized spacial score (nSPS) is 13.7. The molecule has 9 nitrogen and oxygen atoms in total. The van der Waals surface area contributed by atoms with E-state index in [4.69, 9.17) is 9.47 Å². The second kappa shape index (κ2) is 10.0. The van der Waals surface area contributed by atoms with E-state index < -0.39 is 5.60 Å². The highest BCUT2D eigenvalue weighted by Crippen LogP contribution is 2.31. The Balaban J connectivity index is 1.49. The molecule has 3 aromatic rings. The fourth-order valence-electron chi connectivity index (χ4n) is 3.73. The fourth-order valence-corrected chi connectivity index (χ4v) is 3.73. The van der Waals surface area contributed by atoms with Crippen LogP contribution >= 0.6 is 0 Å². The summed E-state index contributed by atoms with van der Waals surface area (Å²) in [4.78, 5) is 31.5. The van der Waals surface area contributed by atoms with E-state index in [1.807, 2.05) is 32.9 Å². The number of methoxy groups -OCH3 is 1. The monoisotopic (exact) mass is 475 g/mol. The molecule has 0 bridgehead atoms. The average molecular weight is 476 g/mol. The molecule has 4 rings (SSSR count). The van der Waals surface area contributed by atoms with Crippen molar-refractivity contribution in [1.82, 2.24) is 20.1 Å². The molecule has 0 fully saturated rings. The number of hydrogen-bond acceptors (Lipinski definition) is 6. The second-order valence-corrected chi connectivity index (χ2v) is 9.17. The largest absolute Gasteiger partial charge is 0.495 e. The number of amides is 2. The Labute approximate surface area is 204 Å². The molecule has 0 spiro atoms. The number of nitrogens with zero attached hydrogens (tertiary/aromatic N) is 3. The number of ether oxygens (including phenoxy) is 2. The lowest BCUT2D eigenvalue weighted by molar-refractivity contribution is 0.0273. The van der Waals surface area contributed by atoms with Crippen molar-refractivity contribution in [3.05, 3.63) is 66.0 Å². The van der Waals surface area contributed by atoms with Crippen molar-refractivity contribution >= 4 is 23.3 Å². The van der Waals surface area contributed by atoms with E-state index in [9.17, 15) is 9.59 Å². The quantitative estimate of drug-likeness (QED) is 0.551. The Bertz CT molecular complexity index is 1240. The molecule has 3 heterocycles. The number of hydrogen-bond donors (Lipinski definition) is 2. The molecule has 0 saturated carbocycles. The summed E-state index contributed by atoms with van der Waals surface area (Å²) in [6, 6.07) is 12.6. The standard InChI is InChI=1S/C26H29N5O4/c1-26(2,3)35-25(33)31-14-6-7-18(16-31)17-10-11-21(23(15-17)34-4)29-24(32)22-9-5-8-19(28-22)20-12-13-27-30-20/h5,7-13,15H,6,14,16H2,1-4H3,(H,27,30)(H,29,32). The van der Waals surface area contributed by atoms with Gasteiger partial charge in [-0.3, -0.25) is 9.89 Å². The highest BCUT2D eigenvalue weighted by Gasteiger charge is 2.25. The zero-order valence-corrected chi connectivity index (χ0v) is 20.3. The molecular weight excluding hydrogens is 446 g/mol. The molecule has 1 aliphatic heterocycles. The number of pyridine rings is 1. The minimum Gasteiger partial charge on any atom is -0.495 e. The lowest BCUT2D eigenvalue weighted by Gasteiger charge is -2.30. The van der Waals surface area contributed by atoms with Gasteiger partial charge in [0.15, 0.2) is 0 Å². The third-order valence-corrected chi connectivity index (χ3v) is 5.38. The number of H-pyrrole nitrogens is 1. The van der Waals surface area contributed by atoms with Crippen molar-refractivity contribution in [3.8, 4) is 17.1 Å². The van der Waals surface area contributed by atoms with E-state index in [0.29, 0.717) is 30.2 Å².